The third kappa shape index (κ3) is 4.08. The van der Waals surface area contributed by atoms with E-state index in [0.717, 1.165) is 66.3 Å². The van der Waals surface area contributed by atoms with Crippen molar-refractivity contribution in [2.45, 2.75) is 75.6 Å². The van der Waals surface area contributed by atoms with Crippen LogP contribution in [-0.2, 0) is 24.1 Å². The molecule has 0 bridgehead atoms. The number of aryl methyl sites for hydroxylation is 2. The van der Waals surface area contributed by atoms with Crippen LogP contribution in [0.4, 0.5) is 0 Å². The minimum Gasteiger partial charge on any atom is -0.376 e. The SMILES string of the molecule is N#CCCCCSc1nc2sc3c(c2c(=O)n1CC1CCCO1)CCCC3. The Balaban J connectivity index is 1.67. The molecule has 1 atom stereocenters. The third-order valence-corrected chi connectivity index (χ3v) is 7.61. The fourth-order valence-electron chi connectivity index (χ4n) is 3.95. The molecule has 1 fully saturated rings. The van der Waals surface area contributed by atoms with Crippen molar-refractivity contribution in [3.8, 4) is 6.07 Å². The van der Waals surface area contributed by atoms with Gasteiger partial charge < -0.3 is 4.74 Å². The van der Waals surface area contributed by atoms with E-state index in [0.29, 0.717) is 13.0 Å². The number of thioether (sulfide) groups is 1. The van der Waals surface area contributed by atoms with Gasteiger partial charge in [-0.25, -0.2) is 4.98 Å². The predicted octanol–water partition coefficient (Wildman–Crippen LogP) is 4.30. The van der Waals surface area contributed by atoms with E-state index in [-0.39, 0.29) is 11.7 Å². The summed E-state index contributed by atoms with van der Waals surface area (Å²) in [4.78, 5) is 20.6. The fraction of sp³-hybridized carbons (Fsp3) is 0.650. The highest BCUT2D eigenvalue weighted by Crippen LogP contribution is 2.35. The molecule has 0 amide bonds. The lowest BCUT2D eigenvalue weighted by Gasteiger charge is -2.16. The van der Waals surface area contributed by atoms with Crippen molar-refractivity contribution in [2.24, 2.45) is 0 Å². The molecule has 1 unspecified atom stereocenters. The van der Waals surface area contributed by atoms with Crippen LogP contribution in [0.1, 0.15) is 55.4 Å². The Labute approximate surface area is 167 Å². The van der Waals surface area contributed by atoms with E-state index in [4.69, 9.17) is 15.0 Å². The number of nitriles is 1. The first kappa shape index (κ1) is 19.0. The smallest absolute Gasteiger partial charge is 0.263 e. The molecule has 0 aromatic carbocycles. The van der Waals surface area contributed by atoms with Crippen molar-refractivity contribution in [1.29, 1.82) is 5.26 Å². The van der Waals surface area contributed by atoms with Crippen LogP contribution < -0.4 is 5.56 Å². The van der Waals surface area contributed by atoms with E-state index >= 15 is 0 Å². The van der Waals surface area contributed by atoms with Gasteiger partial charge in [0.1, 0.15) is 4.83 Å². The molecule has 1 saturated heterocycles. The number of hydrogen-bond donors (Lipinski definition) is 0. The van der Waals surface area contributed by atoms with Crippen molar-refractivity contribution in [3.63, 3.8) is 0 Å². The summed E-state index contributed by atoms with van der Waals surface area (Å²) in [6.07, 6.45) is 9.12. The Bertz CT molecular complexity index is 907. The van der Waals surface area contributed by atoms with Gasteiger partial charge in [-0.2, -0.15) is 5.26 Å². The maximum Gasteiger partial charge on any atom is 0.263 e. The summed E-state index contributed by atoms with van der Waals surface area (Å²) in [5, 5.41) is 10.4. The summed E-state index contributed by atoms with van der Waals surface area (Å²) < 4.78 is 7.67. The number of unbranched alkanes of at least 4 members (excludes halogenated alkanes) is 2. The molecule has 0 saturated carbocycles. The number of fused-ring (bicyclic) bond motifs is 3. The van der Waals surface area contributed by atoms with Crippen molar-refractivity contribution in [2.75, 3.05) is 12.4 Å². The monoisotopic (exact) mass is 403 g/mol. The van der Waals surface area contributed by atoms with Crippen molar-refractivity contribution < 1.29 is 4.74 Å². The molecular formula is C20H25N3O2S2. The standard InChI is InChI=1S/C20H25N3O2S2/c21-10-4-1-5-12-26-20-22-18-17(15-8-2-3-9-16(15)27-18)19(24)23(20)13-14-7-6-11-25-14/h14H,1-9,11-13H2. The van der Waals surface area contributed by atoms with Crippen LogP contribution >= 0.6 is 23.1 Å². The number of aromatic nitrogens is 2. The molecule has 7 heteroatoms. The molecule has 5 nitrogen and oxygen atoms in total. The van der Waals surface area contributed by atoms with Gasteiger partial charge in [0.2, 0.25) is 0 Å². The number of rotatable bonds is 7. The second-order valence-corrected chi connectivity index (χ2v) is 9.45. The van der Waals surface area contributed by atoms with E-state index in [1.807, 2.05) is 4.57 Å². The number of hydrogen-bond acceptors (Lipinski definition) is 6. The average molecular weight is 404 g/mol. The molecule has 27 heavy (non-hydrogen) atoms. The van der Waals surface area contributed by atoms with Crippen LogP contribution in [0.15, 0.2) is 9.95 Å². The molecule has 2 aliphatic rings. The molecule has 4 rings (SSSR count). The van der Waals surface area contributed by atoms with Crippen LogP contribution in [0.3, 0.4) is 0 Å². The highest BCUT2D eigenvalue weighted by molar-refractivity contribution is 7.99. The van der Waals surface area contributed by atoms with Crippen LogP contribution in [0.25, 0.3) is 10.2 Å². The zero-order chi connectivity index (χ0) is 18.6. The van der Waals surface area contributed by atoms with Gasteiger partial charge in [-0.05, 0) is 56.9 Å². The van der Waals surface area contributed by atoms with Gasteiger partial charge in [0.25, 0.3) is 5.56 Å². The topological polar surface area (TPSA) is 67.9 Å². The van der Waals surface area contributed by atoms with Gasteiger partial charge >= 0.3 is 0 Å². The lowest BCUT2D eigenvalue weighted by atomic mass is 9.97. The molecule has 0 N–H and O–H groups in total. The van der Waals surface area contributed by atoms with Gasteiger partial charge in [-0.15, -0.1) is 11.3 Å². The zero-order valence-corrected chi connectivity index (χ0v) is 17.2. The molecule has 0 radical (unpaired) electrons. The van der Waals surface area contributed by atoms with Crippen molar-refractivity contribution in [3.05, 3.63) is 20.8 Å². The highest BCUT2D eigenvalue weighted by Gasteiger charge is 2.24. The molecule has 3 heterocycles. The maximum atomic E-state index is 13.4. The Morgan fingerprint density at radius 3 is 3.00 bits per heavy atom. The van der Waals surface area contributed by atoms with E-state index in [1.54, 1.807) is 23.1 Å². The fourth-order valence-corrected chi connectivity index (χ4v) is 6.26. The molecule has 2 aromatic heterocycles. The quantitative estimate of drug-likeness (QED) is 0.392. The van der Waals surface area contributed by atoms with Crippen molar-refractivity contribution >= 4 is 33.3 Å². The van der Waals surface area contributed by atoms with Gasteiger partial charge in [-0.1, -0.05) is 11.8 Å². The Morgan fingerprint density at radius 1 is 1.30 bits per heavy atom. The Morgan fingerprint density at radius 2 is 2.19 bits per heavy atom. The summed E-state index contributed by atoms with van der Waals surface area (Å²) in [7, 11) is 0. The number of thiophene rings is 1. The second kappa shape index (κ2) is 8.76. The highest BCUT2D eigenvalue weighted by atomic mass is 32.2. The van der Waals surface area contributed by atoms with Crippen LogP contribution in [-0.4, -0.2) is 28.0 Å². The predicted molar refractivity (Wildman–Crippen MR) is 110 cm³/mol. The van der Waals surface area contributed by atoms with E-state index < -0.39 is 0 Å². The van der Waals surface area contributed by atoms with E-state index in [9.17, 15) is 4.79 Å². The molecular weight excluding hydrogens is 378 g/mol. The minimum atomic E-state index is 0.120. The molecule has 1 aliphatic carbocycles. The molecule has 1 aliphatic heterocycles. The second-order valence-electron chi connectivity index (χ2n) is 7.30. The Hall–Kier alpha value is -1.36. The van der Waals surface area contributed by atoms with Crippen LogP contribution in [0.2, 0.25) is 0 Å². The third-order valence-electron chi connectivity index (χ3n) is 5.36. The zero-order valence-electron chi connectivity index (χ0n) is 15.5. The van der Waals surface area contributed by atoms with Gasteiger partial charge in [0.05, 0.1) is 24.1 Å². The van der Waals surface area contributed by atoms with E-state index in [2.05, 4.69) is 6.07 Å². The Kier molecular flexibility index (Phi) is 6.16. The van der Waals surface area contributed by atoms with Gasteiger partial charge in [-0.3, -0.25) is 9.36 Å². The summed E-state index contributed by atoms with van der Waals surface area (Å²) >= 11 is 3.36. The summed E-state index contributed by atoms with van der Waals surface area (Å²) in [6, 6.07) is 2.19. The summed E-state index contributed by atoms with van der Waals surface area (Å²) in [5.41, 5.74) is 1.37. The normalized spacial score (nSPS) is 19.3. The van der Waals surface area contributed by atoms with Crippen LogP contribution in [0.5, 0.6) is 0 Å². The first-order valence-electron chi connectivity index (χ1n) is 9.94. The molecule has 144 valence electrons. The summed E-state index contributed by atoms with van der Waals surface area (Å²) in [6.45, 7) is 1.40. The van der Waals surface area contributed by atoms with Gasteiger partial charge in [0.15, 0.2) is 5.16 Å². The van der Waals surface area contributed by atoms with Gasteiger partial charge in [0, 0.05) is 23.7 Å². The lowest BCUT2D eigenvalue weighted by Crippen LogP contribution is -2.29. The number of ether oxygens (including phenoxy) is 1. The first-order chi connectivity index (χ1) is 13.3. The minimum absolute atomic E-state index is 0.120. The molecule has 2 aromatic rings. The van der Waals surface area contributed by atoms with E-state index in [1.165, 1.54) is 23.3 Å². The van der Waals surface area contributed by atoms with Crippen LogP contribution in [0, 0.1) is 11.3 Å². The maximum absolute atomic E-state index is 13.4. The summed E-state index contributed by atoms with van der Waals surface area (Å²) in [5.74, 6) is 0.885. The lowest BCUT2D eigenvalue weighted by molar-refractivity contribution is 0.0937. The first-order valence-corrected chi connectivity index (χ1v) is 11.7. The van der Waals surface area contributed by atoms with Crippen molar-refractivity contribution in [1.82, 2.24) is 9.55 Å². The largest absolute Gasteiger partial charge is 0.376 e. The molecule has 0 spiro atoms. The number of nitrogens with zero attached hydrogens (tertiary/aromatic N) is 3. The average Bonchev–Trinajstić information content (AvgIpc) is 3.31.